The number of aromatic nitrogens is 1. The van der Waals surface area contributed by atoms with Crippen LogP contribution in [0.1, 0.15) is 16.6 Å². The van der Waals surface area contributed by atoms with E-state index in [1.165, 1.54) is 23.5 Å². The van der Waals surface area contributed by atoms with Crippen molar-refractivity contribution >= 4 is 33.2 Å². The second-order valence-electron chi connectivity index (χ2n) is 6.17. The number of rotatable bonds is 4. The van der Waals surface area contributed by atoms with Crippen LogP contribution in [0.2, 0.25) is 0 Å². The Bertz CT molecular complexity index is 1150. The Hall–Kier alpha value is -3.25. The van der Waals surface area contributed by atoms with Crippen molar-refractivity contribution in [3.8, 4) is 22.4 Å². The molecule has 140 valence electrons. The van der Waals surface area contributed by atoms with Crippen molar-refractivity contribution in [3.63, 3.8) is 0 Å². The summed E-state index contributed by atoms with van der Waals surface area (Å²) in [4.78, 5) is 18.0. The van der Waals surface area contributed by atoms with E-state index in [1.54, 1.807) is 19.1 Å². The van der Waals surface area contributed by atoms with E-state index in [4.69, 9.17) is 15.5 Å². The number of ether oxygens (including phenoxy) is 1. The first-order valence-corrected chi connectivity index (χ1v) is 9.61. The molecule has 2 heterocycles. The zero-order valence-corrected chi connectivity index (χ0v) is 15.9. The van der Waals surface area contributed by atoms with Crippen LogP contribution in [0.3, 0.4) is 0 Å². The van der Waals surface area contributed by atoms with Crippen LogP contribution < -0.4 is 5.73 Å². The van der Waals surface area contributed by atoms with Crippen LogP contribution in [0.4, 0.5) is 10.1 Å². The van der Waals surface area contributed by atoms with E-state index in [0.717, 1.165) is 22.1 Å². The maximum Gasteiger partial charge on any atom is 0.350 e. The molecule has 0 spiro atoms. The van der Waals surface area contributed by atoms with Gasteiger partial charge in [0.15, 0.2) is 0 Å². The number of carbonyl (C=O) groups is 1. The van der Waals surface area contributed by atoms with E-state index in [1.807, 2.05) is 36.4 Å². The molecule has 28 heavy (non-hydrogen) atoms. The monoisotopic (exact) mass is 392 g/mol. The van der Waals surface area contributed by atoms with E-state index in [2.05, 4.69) is 0 Å². The zero-order chi connectivity index (χ0) is 19.7. The quantitative estimate of drug-likeness (QED) is 0.464. The lowest BCUT2D eigenvalue weighted by atomic mass is 9.99. The highest BCUT2D eigenvalue weighted by Crippen LogP contribution is 2.41. The Labute approximate surface area is 165 Å². The molecule has 2 aromatic carbocycles. The second kappa shape index (κ2) is 7.40. The van der Waals surface area contributed by atoms with Gasteiger partial charge in [-0.15, -0.1) is 11.3 Å². The van der Waals surface area contributed by atoms with E-state index < -0.39 is 5.97 Å². The summed E-state index contributed by atoms with van der Waals surface area (Å²) in [6, 6.07) is 17.8. The molecule has 0 aliphatic carbocycles. The molecule has 6 heteroatoms. The van der Waals surface area contributed by atoms with Crippen LogP contribution in [0, 0.1) is 5.82 Å². The molecule has 0 unspecified atom stereocenters. The lowest BCUT2D eigenvalue weighted by Crippen LogP contribution is -2.04. The minimum absolute atomic E-state index is 0.270. The lowest BCUT2D eigenvalue weighted by Gasteiger charge is -2.09. The molecule has 4 aromatic rings. The van der Waals surface area contributed by atoms with Crippen molar-refractivity contribution in [3.05, 3.63) is 71.4 Å². The van der Waals surface area contributed by atoms with Gasteiger partial charge in [-0.1, -0.05) is 30.3 Å². The topological polar surface area (TPSA) is 65.2 Å². The normalized spacial score (nSPS) is 10.9. The van der Waals surface area contributed by atoms with Gasteiger partial charge in [0.05, 0.1) is 18.0 Å². The molecule has 0 bridgehead atoms. The average molecular weight is 392 g/mol. The number of hydrogen-bond acceptors (Lipinski definition) is 5. The molecule has 0 amide bonds. The third kappa shape index (κ3) is 3.23. The summed E-state index contributed by atoms with van der Waals surface area (Å²) in [6.07, 6.45) is 0. The van der Waals surface area contributed by atoms with Crippen molar-refractivity contribution < 1.29 is 13.9 Å². The van der Waals surface area contributed by atoms with Gasteiger partial charge in [0.2, 0.25) is 0 Å². The fourth-order valence-corrected chi connectivity index (χ4v) is 4.10. The molecule has 0 fully saturated rings. The highest BCUT2D eigenvalue weighted by atomic mass is 32.1. The van der Waals surface area contributed by atoms with Gasteiger partial charge in [-0.2, -0.15) is 0 Å². The van der Waals surface area contributed by atoms with Crippen LogP contribution in [0.25, 0.3) is 32.6 Å². The molecule has 0 atom stereocenters. The van der Waals surface area contributed by atoms with Gasteiger partial charge in [0.25, 0.3) is 0 Å². The molecule has 0 saturated carbocycles. The number of hydrogen-bond donors (Lipinski definition) is 1. The first kappa shape index (κ1) is 18.1. The maximum absolute atomic E-state index is 13.3. The Morgan fingerprint density at radius 1 is 1.11 bits per heavy atom. The van der Waals surface area contributed by atoms with Gasteiger partial charge in [-0.25, -0.2) is 14.2 Å². The lowest BCUT2D eigenvalue weighted by molar-refractivity contribution is 0.0533. The molecule has 0 aliphatic heterocycles. The van der Waals surface area contributed by atoms with Crippen LogP contribution in [0.5, 0.6) is 0 Å². The van der Waals surface area contributed by atoms with E-state index in [9.17, 15) is 9.18 Å². The van der Waals surface area contributed by atoms with Gasteiger partial charge in [-0.05, 0) is 48.4 Å². The Morgan fingerprint density at radius 3 is 2.50 bits per heavy atom. The Morgan fingerprint density at radius 2 is 1.82 bits per heavy atom. The highest BCUT2D eigenvalue weighted by Gasteiger charge is 2.22. The first-order chi connectivity index (χ1) is 13.6. The zero-order valence-electron chi connectivity index (χ0n) is 15.1. The van der Waals surface area contributed by atoms with Crippen LogP contribution in [-0.2, 0) is 4.74 Å². The summed E-state index contributed by atoms with van der Waals surface area (Å²) in [7, 11) is 0. The van der Waals surface area contributed by atoms with Crippen LogP contribution >= 0.6 is 11.3 Å². The number of nitrogens with two attached hydrogens (primary N) is 1. The number of halogens is 1. The van der Waals surface area contributed by atoms with Gasteiger partial charge < -0.3 is 10.5 Å². The number of nitrogens with zero attached hydrogens (tertiary/aromatic N) is 1. The molecule has 2 aromatic heterocycles. The highest BCUT2D eigenvalue weighted by molar-refractivity contribution is 7.21. The van der Waals surface area contributed by atoms with Crippen molar-refractivity contribution in [2.75, 3.05) is 12.3 Å². The Balaban J connectivity index is 1.99. The average Bonchev–Trinajstić information content (AvgIpc) is 3.05. The number of benzene rings is 2. The Kier molecular flexibility index (Phi) is 4.79. The third-order valence-corrected chi connectivity index (χ3v) is 5.46. The van der Waals surface area contributed by atoms with Crippen molar-refractivity contribution in [2.24, 2.45) is 0 Å². The summed E-state index contributed by atoms with van der Waals surface area (Å²) in [5.41, 5.74) is 10.00. The van der Waals surface area contributed by atoms with Gasteiger partial charge >= 0.3 is 5.97 Å². The molecular formula is C22H17FN2O2S. The molecule has 4 rings (SSSR count). The number of nitrogen functional groups attached to an aromatic ring is 1. The predicted molar refractivity (Wildman–Crippen MR) is 111 cm³/mol. The first-order valence-electron chi connectivity index (χ1n) is 8.80. The summed E-state index contributed by atoms with van der Waals surface area (Å²) < 4.78 is 18.5. The van der Waals surface area contributed by atoms with Crippen molar-refractivity contribution in [1.82, 2.24) is 4.98 Å². The van der Waals surface area contributed by atoms with Crippen molar-refractivity contribution in [2.45, 2.75) is 6.92 Å². The largest absolute Gasteiger partial charge is 0.462 e. The maximum atomic E-state index is 13.3. The minimum Gasteiger partial charge on any atom is -0.462 e. The van der Waals surface area contributed by atoms with Crippen LogP contribution in [-0.4, -0.2) is 17.6 Å². The molecule has 0 radical (unpaired) electrons. The molecular weight excluding hydrogens is 375 g/mol. The molecule has 2 N–H and O–H groups in total. The number of pyridine rings is 1. The number of thiophene rings is 1. The summed E-state index contributed by atoms with van der Waals surface area (Å²) in [5, 5.41) is 0.727. The standard InChI is InChI=1S/C22H17FN2O2S/c1-2-27-22(26)20-19(24)18-16(13-6-4-3-5-7-13)12-17(25-21(18)28-20)14-8-10-15(23)11-9-14/h3-12H,2,24H2,1H3. The molecule has 4 nitrogen and oxygen atoms in total. The summed E-state index contributed by atoms with van der Waals surface area (Å²) in [6.45, 7) is 2.02. The number of carbonyl (C=O) groups excluding carboxylic acids is 1. The fraction of sp³-hybridized carbons (Fsp3) is 0.0909. The number of esters is 1. The van der Waals surface area contributed by atoms with E-state index in [-0.39, 0.29) is 12.4 Å². The molecule has 0 aliphatic rings. The van der Waals surface area contributed by atoms with Crippen LogP contribution in [0.15, 0.2) is 60.7 Å². The van der Waals surface area contributed by atoms with Gasteiger partial charge in [0.1, 0.15) is 15.5 Å². The van der Waals surface area contributed by atoms with Gasteiger partial charge in [-0.3, -0.25) is 0 Å². The summed E-state index contributed by atoms with van der Waals surface area (Å²) >= 11 is 1.21. The number of fused-ring (bicyclic) bond motifs is 1. The van der Waals surface area contributed by atoms with E-state index in [0.29, 0.717) is 21.1 Å². The fourth-order valence-electron chi connectivity index (χ4n) is 3.08. The third-order valence-electron chi connectivity index (χ3n) is 4.38. The smallest absolute Gasteiger partial charge is 0.350 e. The molecule has 0 saturated heterocycles. The number of anilines is 1. The van der Waals surface area contributed by atoms with Gasteiger partial charge in [0, 0.05) is 10.9 Å². The second-order valence-corrected chi connectivity index (χ2v) is 7.17. The minimum atomic E-state index is -0.453. The van der Waals surface area contributed by atoms with Crippen molar-refractivity contribution in [1.29, 1.82) is 0 Å². The van der Waals surface area contributed by atoms with E-state index >= 15 is 0 Å². The SMILES string of the molecule is CCOC(=O)c1sc2nc(-c3ccc(F)cc3)cc(-c3ccccc3)c2c1N. The predicted octanol–water partition coefficient (Wildman–Crippen LogP) is 5.53. The summed E-state index contributed by atoms with van der Waals surface area (Å²) in [5.74, 6) is -0.761.